The average Bonchev–Trinajstić information content (AvgIpc) is 3.88. The van der Waals surface area contributed by atoms with E-state index in [0.29, 0.717) is 0 Å². The summed E-state index contributed by atoms with van der Waals surface area (Å²) < 4.78 is 2.40. The van der Waals surface area contributed by atoms with E-state index in [2.05, 4.69) is 278 Å². The van der Waals surface area contributed by atoms with Crippen LogP contribution in [0, 0.1) is 0 Å². The Bertz CT molecular complexity index is 3910. The maximum atomic E-state index is 2.51. The molecule has 2 heteroatoms. The molecule has 2 nitrogen and oxygen atoms in total. The van der Waals surface area contributed by atoms with Crippen LogP contribution in [0.25, 0.3) is 93.9 Å². The van der Waals surface area contributed by atoms with Gasteiger partial charge in [0, 0.05) is 38.7 Å². The first-order valence-electron chi connectivity index (χ1n) is 24.0. The Kier molecular flexibility index (Phi) is 9.55. The van der Waals surface area contributed by atoms with Crippen LogP contribution in [-0.4, -0.2) is 4.57 Å². The Labute approximate surface area is 403 Å². The first kappa shape index (κ1) is 40.5. The van der Waals surface area contributed by atoms with Gasteiger partial charge in [0.25, 0.3) is 0 Å². The number of anilines is 3. The molecule has 12 aromatic rings. The van der Waals surface area contributed by atoms with E-state index in [9.17, 15) is 0 Å². The van der Waals surface area contributed by atoms with E-state index in [1.54, 1.807) is 0 Å². The van der Waals surface area contributed by atoms with E-state index in [-0.39, 0.29) is 5.41 Å². The van der Waals surface area contributed by atoms with Gasteiger partial charge in [-0.1, -0.05) is 220 Å². The predicted octanol–water partition coefficient (Wildman–Crippen LogP) is 18.4. The van der Waals surface area contributed by atoms with Crippen molar-refractivity contribution < 1.29 is 0 Å². The Hall–Kier alpha value is -8.72. The van der Waals surface area contributed by atoms with Crippen LogP contribution < -0.4 is 4.90 Å². The first-order chi connectivity index (χ1) is 34.0. The molecule has 13 rings (SSSR count). The highest BCUT2D eigenvalue weighted by Crippen LogP contribution is 2.54. The molecule has 0 amide bonds. The lowest BCUT2D eigenvalue weighted by Gasteiger charge is -2.31. The minimum Gasteiger partial charge on any atom is -0.309 e. The highest BCUT2D eigenvalue weighted by molar-refractivity contribution is 6.16. The fourth-order valence-corrected chi connectivity index (χ4v) is 11.5. The molecule has 0 fully saturated rings. The van der Waals surface area contributed by atoms with Gasteiger partial charge in [0.15, 0.2) is 0 Å². The molecule has 0 N–H and O–H groups in total. The van der Waals surface area contributed by atoms with E-state index < -0.39 is 0 Å². The quantitative estimate of drug-likeness (QED) is 0.148. The molecule has 0 unspecified atom stereocenters. The molecule has 1 aliphatic carbocycles. The summed E-state index contributed by atoms with van der Waals surface area (Å²) in [7, 11) is 0. The molecule has 1 aliphatic rings. The smallest absolute Gasteiger partial charge is 0.0547 e. The molecular formula is C67H48N2. The summed E-state index contributed by atoms with van der Waals surface area (Å²) in [6.45, 7) is 4.73. The molecule has 1 aromatic heterocycles. The lowest BCUT2D eigenvalue weighted by atomic mass is 9.82. The maximum absolute atomic E-state index is 2.51. The average molecular weight is 881 g/mol. The molecule has 0 saturated heterocycles. The zero-order valence-electron chi connectivity index (χ0n) is 38.6. The summed E-state index contributed by atoms with van der Waals surface area (Å²) in [6, 6.07) is 93.7. The van der Waals surface area contributed by atoms with E-state index in [1.807, 2.05) is 0 Å². The van der Waals surface area contributed by atoms with Crippen molar-refractivity contribution in [2.24, 2.45) is 0 Å². The van der Waals surface area contributed by atoms with Crippen LogP contribution in [0.15, 0.2) is 255 Å². The van der Waals surface area contributed by atoms with Crippen LogP contribution >= 0.6 is 0 Å². The predicted molar refractivity (Wildman–Crippen MR) is 292 cm³/mol. The molecule has 69 heavy (non-hydrogen) atoms. The van der Waals surface area contributed by atoms with Gasteiger partial charge in [-0.3, -0.25) is 0 Å². The molecule has 0 radical (unpaired) electrons. The highest BCUT2D eigenvalue weighted by Gasteiger charge is 2.37. The fraction of sp³-hybridized carbons (Fsp3) is 0.0448. The minimum atomic E-state index is -0.125. The van der Waals surface area contributed by atoms with Crippen molar-refractivity contribution in [2.75, 3.05) is 4.90 Å². The van der Waals surface area contributed by atoms with Gasteiger partial charge in [0.2, 0.25) is 0 Å². The SMILES string of the molecule is CC1(C)c2ccccc2-c2c(-c3ccccc3N(c3ccc(-c4cccc5c4c4ccccc4n5-c4ccccc4)cc3)c3ccccc3-c3cccc4cccc(-c5ccccc5)c34)cccc21. The zero-order chi connectivity index (χ0) is 46.1. The number of aromatic nitrogens is 1. The lowest BCUT2D eigenvalue weighted by molar-refractivity contribution is 0.660. The number of hydrogen-bond donors (Lipinski definition) is 0. The van der Waals surface area contributed by atoms with Crippen LogP contribution in [0.1, 0.15) is 25.0 Å². The summed E-state index contributed by atoms with van der Waals surface area (Å²) in [4.78, 5) is 2.51. The summed E-state index contributed by atoms with van der Waals surface area (Å²) in [5.41, 5.74) is 21.7. The second kappa shape index (κ2) is 16.3. The topological polar surface area (TPSA) is 8.17 Å². The Balaban J connectivity index is 1.04. The molecule has 0 saturated carbocycles. The second-order valence-electron chi connectivity index (χ2n) is 18.8. The third kappa shape index (κ3) is 6.48. The number of fused-ring (bicyclic) bond motifs is 7. The zero-order valence-corrected chi connectivity index (χ0v) is 38.6. The maximum Gasteiger partial charge on any atom is 0.0547 e. The van der Waals surface area contributed by atoms with Gasteiger partial charge < -0.3 is 9.47 Å². The first-order valence-corrected chi connectivity index (χ1v) is 24.0. The Morgan fingerprint density at radius 3 is 1.57 bits per heavy atom. The normalized spacial score (nSPS) is 12.6. The van der Waals surface area contributed by atoms with Crippen molar-refractivity contribution in [3.63, 3.8) is 0 Å². The van der Waals surface area contributed by atoms with Crippen molar-refractivity contribution >= 4 is 49.6 Å². The molecule has 0 atom stereocenters. The highest BCUT2D eigenvalue weighted by atomic mass is 15.1. The van der Waals surface area contributed by atoms with E-state index in [0.717, 1.165) is 28.3 Å². The molecule has 326 valence electrons. The molecule has 1 heterocycles. The lowest BCUT2D eigenvalue weighted by Crippen LogP contribution is -2.15. The van der Waals surface area contributed by atoms with Crippen molar-refractivity contribution in [2.45, 2.75) is 19.3 Å². The summed E-state index contributed by atoms with van der Waals surface area (Å²) >= 11 is 0. The van der Waals surface area contributed by atoms with Gasteiger partial charge in [-0.25, -0.2) is 0 Å². The molecule has 11 aromatic carbocycles. The van der Waals surface area contributed by atoms with Crippen molar-refractivity contribution in [1.82, 2.24) is 4.57 Å². The standard InChI is InChI=1S/C67H48N2/c1-67(2)58-35-13-9-29-56(58)65-55(34-19-36-59(65)67)53-28-11-15-38-61(53)68(60-37-14-10-27-52(60)54-33-18-24-47-23-17-31-50(64(47)54)45-21-5-3-6-22-45)49-43-41-46(42-44-49)51-32-20-40-63-66(51)57-30-12-16-39-62(57)69(63)48-25-7-4-8-26-48/h3-44H,1-2H3. The van der Waals surface area contributed by atoms with Gasteiger partial charge in [-0.15, -0.1) is 0 Å². The molecule has 0 spiro atoms. The van der Waals surface area contributed by atoms with Gasteiger partial charge in [0.05, 0.1) is 22.4 Å². The van der Waals surface area contributed by atoms with Crippen molar-refractivity contribution in [3.8, 4) is 61.3 Å². The summed E-state index contributed by atoms with van der Waals surface area (Å²) in [6.07, 6.45) is 0. The fourth-order valence-electron chi connectivity index (χ4n) is 11.5. The largest absolute Gasteiger partial charge is 0.309 e. The van der Waals surface area contributed by atoms with E-state index in [4.69, 9.17) is 0 Å². The molecular weight excluding hydrogens is 833 g/mol. The minimum absolute atomic E-state index is 0.125. The number of nitrogens with zero attached hydrogens (tertiary/aromatic N) is 2. The van der Waals surface area contributed by atoms with Crippen LogP contribution in [-0.2, 0) is 5.41 Å². The van der Waals surface area contributed by atoms with Gasteiger partial charge in [0.1, 0.15) is 0 Å². The van der Waals surface area contributed by atoms with Crippen molar-refractivity contribution in [1.29, 1.82) is 0 Å². The van der Waals surface area contributed by atoms with Gasteiger partial charge >= 0.3 is 0 Å². The number of rotatable bonds is 8. The monoisotopic (exact) mass is 880 g/mol. The van der Waals surface area contributed by atoms with Gasteiger partial charge in [-0.2, -0.15) is 0 Å². The van der Waals surface area contributed by atoms with Crippen LogP contribution in [0.4, 0.5) is 17.1 Å². The number of benzene rings is 11. The molecule has 0 aliphatic heterocycles. The van der Waals surface area contributed by atoms with Crippen LogP contribution in [0.3, 0.4) is 0 Å². The van der Waals surface area contributed by atoms with Crippen LogP contribution in [0.2, 0.25) is 0 Å². The third-order valence-electron chi connectivity index (χ3n) is 14.6. The Morgan fingerprint density at radius 1 is 0.333 bits per heavy atom. The van der Waals surface area contributed by atoms with E-state index >= 15 is 0 Å². The van der Waals surface area contributed by atoms with E-state index in [1.165, 1.54) is 93.8 Å². The Morgan fingerprint density at radius 2 is 0.826 bits per heavy atom. The van der Waals surface area contributed by atoms with Gasteiger partial charge in [-0.05, 0) is 115 Å². The van der Waals surface area contributed by atoms with Crippen LogP contribution in [0.5, 0.6) is 0 Å². The summed E-state index contributed by atoms with van der Waals surface area (Å²) in [5, 5.41) is 4.95. The number of hydrogen-bond acceptors (Lipinski definition) is 1. The summed E-state index contributed by atoms with van der Waals surface area (Å²) in [5.74, 6) is 0. The third-order valence-corrected chi connectivity index (χ3v) is 14.6. The molecule has 0 bridgehead atoms. The van der Waals surface area contributed by atoms with Crippen molar-refractivity contribution in [3.05, 3.63) is 266 Å². The second-order valence-corrected chi connectivity index (χ2v) is 18.8. The number of para-hydroxylation sites is 4.